The second-order valence-corrected chi connectivity index (χ2v) is 8.75. The molecule has 5 aromatic rings. The van der Waals surface area contributed by atoms with Gasteiger partial charge in [0.25, 0.3) is 5.91 Å². The summed E-state index contributed by atoms with van der Waals surface area (Å²) in [5, 5.41) is 2.79. The van der Waals surface area contributed by atoms with E-state index in [2.05, 4.69) is 25.3 Å². The Hall–Kier alpha value is -5.25. The molecule has 2 heterocycles. The molecule has 1 atom stereocenters. The molecule has 0 saturated carbocycles. The zero-order valence-corrected chi connectivity index (χ0v) is 20.6. The predicted octanol–water partition coefficient (Wildman–Crippen LogP) is 3.33. The summed E-state index contributed by atoms with van der Waals surface area (Å²) in [6.07, 6.45) is 1.53. The number of aromatic nitrogens is 4. The number of benzene rings is 3. The average Bonchev–Trinajstić information content (AvgIpc) is 3.36. The smallest absolute Gasteiger partial charge is 0.252 e. The van der Waals surface area contributed by atoms with E-state index < -0.39 is 17.9 Å². The molecule has 5 rings (SSSR count). The van der Waals surface area contributed by atoms with E-state index in [0.29, 0.717) is 39.6 Å². The number of aromatic amines is 1. The summed E-state index contributed by atoms with van der Waals surface area (Å²) in [6.45, 7) is 1.91. The number of amides is 2. The van der Waals surface area contributed by atoms with E-state index >= 15 is 0 Å². The molecule has 190 valence electrons. The Morgan fingerprint density at radius 2 is 1.63 bits per heavy atom. The number of nitrogens with one attached hydrogen (secondary N) is 2. The zero-order chi connectivity index (χ0) is 26.6. The molecule has 0 bridgehead atoms. The third kappa shape index (κ3) is 5.14. The van der Waals surface area contributed by atoms with Gasteiger partial charge in [-0.1, -0.05) is 36.4 Å². The van der Waals surface area contributed by atoms with Crippen LogP contribution in [0.2, 0.25) is 0 Å². The van der Waals surface area contributed by atoms with Crippen molar-refractivity contribution in [3.63, 3.8) is 0 Å². The standard InChI is InChI=1S/C28H26N8O2/c1-17-31-15-21(29)25(32-17)27-33-22-13-12-18(14-23(22)34-27)28(38)35-24(26(30)37)16-36(19-8-4-2-5-9-19)20-10-6-3-7-11-20/h2-15,24H,16,29H2,1H3,(H2,30,37)(H,33,34)(H,35,38). The Morgan fingerprint density at radius 3 is 2.26 bits per heavy atom. The minimum atomic E-state index is -0.959. The summed E-state index contributed by atoms with van der Waals surface area (Å²) in [5.41, 5.74) is 16.0. The van der Waals surface area contributed by atoms with Crippen LogP contribution in [0.5, 0.6) is 0 Å². The number of carbonyl (C=O) groups excluding carboxylic acids is 2. The van der Waals surface area contributed by atoms with Crippen LogP contribution >= 0.6 is 0 Å². The topological polar surface area (TPSA) is 156 Å². The SMILES string of the molecule is Cc1ncc(N)c(-c2nc3ccc(C(=O)NC(CN(c4ccccc4)c4ccccc4)C(N)=O)cc3[nH]2)n1. The minimum Gasteiger partial charge on any atom is -0.396 e. The number of nitrogens with zero attached hydrogens (tertiary/aromatic N) is 4. The second-order valence-electron chi connectivity index (χ2n) is 8.75. The highest BCUT2D eigenvalue weighted by atomic mass is 16.2. The van der Waals surface area contributed by atoms with Gasteiger partial charge in [0.2, 0.25) is 5.91 Å². The van der Waals surface area contributed by atoms with Gasteiger partial charge < -0.3 is 26.7 Å². The first-order valence-corrected chi connectivity index (χ1v) is 12.0. The second kappa shape index (κ2) is 10.4. The largest absolute Gasteiger partial charge is 0.396 e. The molecule has 0 fully saturated rings. The number of H-pyrrole nitrogens is 1. The van der Waals surface area contributed by atoms with Gasteiger partial charge in [0.15, 0.2) is 5.82 Å². The van der Waals surface area contributed by atoms with Crippen molar-refractivity contribution in [1.82, 2.24) is 25.3 Å². The molecular weight excluding hydrogens is 480 g/mol. The Balaban J connectivity index is 1.40. The molecule has 0 aliphatic rings. The number of primary amides is 1. The van der Waals surface area contributed by atoms with Crippen LogP contribution in [0.15, 0.2) is 85.1 Å². The molecule has 1 unspecified atom stereocenters. The monoisotopic (exact) mass is 506 g/mol. The number of para-hydroxylation sites is 2. The van der Waals surface area contributed by atoms with Gasteiger partial charge in [0.05, 0.1) is 29.5 Å². The van der Waals surface area contributed by atoms with Crippen LogP contribution in [0.1, 0.15) is 16.2 Å². The maximum atomic E-state index is 13.2. The highest BCUT2D eigenvalue weighted by molar-refractivity contribution is 6.00. The quantitative estimate of drug-likeness (QED) is 0.251. The summed E-state index contributed by atoms with van der Waals surface area (Å²) < 4.78 is 0. The van der Waals surface area contributed by atoms with Gasteiger partial charge in [0.1, 0.15) is 17.6 Å². The van der Waals surface area contributed by atoms with Crippen LogP contribution in [-0.4, -0.2) is 44.3 Å². The van der Waals surface area contributed by atoms with Crippen LogP contribution in [-0.2, 0) is 4.79 Å². The third-order valence-electron chi connectivity index (χ3n) is 6.06. The Kier molecular flexibility index (Phi) is 6.68. The molecule has 6 N–H and O–H groups in total. The highest BCUT2D eigenvalue weighted by Crippen LogP contribution is 2.26. The normalized spacial score (nSPS) is 11.7. The Bertz CT molecular complexity index is 1560. The summed E-state index contributed by atoms with van der Waals surface area (Å²) in [6, 6.07) is 23.3. The van der Waals surface area contributed by atoms with Gasteiger partial charge in [-0.25, -0.2) is 15.0 Å². The molecule has 0 radical (unpaired) electrons. The van der Waals surface area contributed by atoms with E-state index in [4.69, 9.17) is 11.5 Å². The van der Waals surface area contributed by atoms with Crippen LogP contribution in [0.3, 0.4) is 0 Å². The third-order valence-corrected chi connectivity index (χ3v) is 6.06. The molecule has 2 aromatic heterocycles. The number of rotatable bonds is 8. The van der Waals surface area contributed by atoms with E-state index in [9.17, 15) is 9.59 Å². The molecule has 0 spiro atoms. The molecule has 10 heteroatoms. The van der Waals surface area contributed by atoms with Crippen molar-refractivity contribution in [2.24, 2.45) is 5.73 Å². The van der Waals surface area contributed by atoms with E-state index in [-0.39, 0.29) is 6.54 Å². The molecule has 3 aromatic carbocycles. The van der Waals surface area contributed by atoms with Crippen molar-refractivity contribution in [1.29, 1.82) is 0 Å². The van der Waals surface area contributed by atoms with Gasteiger partial charge >= 0.3 is 0 Å². The fraction of sp³-hybridized carbons (Fsp3) is 0.107. The summed E-state index contributed by atoms with van der Waals surface area (Å²) in [5.74, 6) is -0.0516. The van der Waals surface area contributed by atoms with Gasteiger partial charge in [-0.2, -0.15) is 0 Å². The molecule has 2 amide bonds. The summed E-state index contributed by atoms with van der Waals surface area (Å²) >= 11 is 0. The van der Waals surface area contributed by atoms with Crippen molar-refractivity contribution in [2.75, 3.05) is 17.2 Å². The van der Waals surface area contributed by atoms with E-state index in [1.165, 1.54) is 6.20 Å². The number of fused-ring (bicyclic) bond motifs is 1. The number of imidazole rings is 1. The first kappa shape index (κ1) is 24.4. The van der Waals surface area contributed by atoms with Gasteiger partial charge in [0, 0.05) is 16.9 Å². The molecule has 0 aliphatic heterocycles. The summed E-state index contributed by atoms with van der Waals surface area (Å²) in [4.78, 5) is 43.8. The number of hydrogen-bond acceptors (Lipinski definition) is 7. The van der Waals surface area contributed by atoms with Crippen LogP contribution in [0, 0.1) is 6.92 Å². The first-order chi connectivity index (χ1) is 18.4. The van der Waals surface area contributed by atoms with E-state index in [1.807, 2.05) is 65.6 Å². The fourth-order valence-electron chi connectivity index (χ4n) is 4.14. The van der Waals surface area contributed by atoms with E-state index in [0.717, 1.165) is 11.4 Å². The molecule has 38 heavy (non-hydrogen) atoms. The number of nitrogen functional groups attached to an aromatic ring is 1. The maximum Gasteiger partial charge on any atom is 0.252 e. The van der Waals surface area contributed by atoms with Crippen molar-refractivity contribution in [3.05, 3.63) is 96.4 Å². The lowest BCUT2D eigenvalue weighted by Gasteiger charge is -2.29. The minimum absolute atomic E-state index is 0.151. The van der Waals surface area contributed by atoms with Crippen molar-refractivity contribution in [3.8, 4) is 11.5 Å². The highest BCUT2D eigenvalue weighted by Gasteiger charge is 2.24. The lowest BCUT2D eigenvalue weighted by molar-refractivity contribution is -0.119. The average molecular weight is 507 g/mol. The Morgan fingerprint density at radius 1 is 0.974 bits per heavy atom. The van der Waals surface area contributed by atoms with Gasteiger partial charge in [-0.3, -0.25) is 9.59 Å². The predicted molar refractivity (Wildman–Crippen MR) is 147 cm³/mol. The Labute approximate surface area is 218 Å². The van der Waals surface area contributed by atoms with Crippen molar-refractivity contribution < 1.29 is 9.59 Å². The number of carbonyl (C=O) groups is 2. The molecule has 10 nitrogen and oxygen atoms in total. The number of anilines is 3. The zero-order valence-electron chi connectivity index (χ0n) is 20.6. The van der Waals surface area contributed by atoms with Gasteiger partial charge in [-0.15, -0.1) is 0 Å². The van der Waals surface area contributed by atoms with Crippen LogP contribution in [0.4, 0.5) is 17.1 Å². The lowest BCUT2D eigenvalue weighted by atomic mass is 10.1. The van der Waals surface area contributed by atoms with Crippen LogP contribution in [0.25, 0.3) is 22.6 Å². The number of nitrogens with two attached hydrogens (primary N) is 2. The first-order valence-electron chi connectivity index (χ1n) is 12.0. The van der Waals surface area contributed by atoms with Crippen molar-refractivity contribution in [2.45, 2.75) is 13.0 Å². The van der Waals surface area contributed by atoms with Gasteiger partial charge in [-0.05, 0) is 49.4 Å². The molecule has 0 aliphatic carbocycles. The number of aryl methyl sites for hydroxylation is 1. The number of hydrogen-bond donors (Lipinski definition) is 4. The lowest BCUT2D eigenvalue weighted by Crippen LogP contribution is -2.50. The van der Waals surface area contributed by atoms with E-state index in [1.54, 1.807) is 25.1 Å². The molecular formula is C28H26N8O2. The molecule has 0 saturated heterocycles. The maximum absolute atomic E-state index is 13.2. The van der Waals surface area contributed by atoms with Crippen LogP contribution < -0.4 is 21.7 Å². The fourth-order valence-corrected chi connectivity index (χ4v) is 4.14. The summed E-state index contributed by atoms with van der Waals surface area (Å²) in [7, 11) is 0. The van der Waals surface area contributed by atoms with Crippen molar-refractivity contribution >= 4 is 39.9 Å².